The van der Waals surface area contributed by atoms with Gasteiger partial charge in [0, 0.05) is 17.4 Å². The smallest absolute Gasteiger partial charge is 0.282 e. The number of ether oxygens (including phenoxy) is 2. The first kappa shape index (κ1) is 19.8. The molecule has 28 heavy (non-hydrogen) atoms. The van der Waals surface area contributed by atoms with Crippen molar-refractivity contribution in [1.29, 1.82) is 0 Å². The zero-order chi connectivity index (χ0) is 20.1. The number of hydrogen-bond acceptors (Lipinski definition) is 5. The SMILES string of the molecule is COc1ccc(NC(=O)[C@H](C)[NH+]2CCN(c3ccc(O)cc3)CC2)cc1OC. The van der Waals surface area contributed by atoms with E-state index in [0.717, 1.165) is 31.9 Å². The lowest BCUT2D eigenvalue weighted by Gasteiger charge is -2.36. The summed E-state index contributed by atoms with van der Waals surface area (Å²) in [5, 5.41) is 12.4. The molecule has 0 aliphatic carbocycles. The Bertz CT molecular complexity index is 802. The lowest BCUT2D eigenvalue weighted by Crippen LogP contribution is -3.19. The van der Waals surface area contributed by atoms with Crippen molar-refractivity contribution in [2.75, 3.05) is 50.6 Å². The molecule has 1 aliphatic heterocycles. The molecule has 150 valence electrons. The van der Waals surface area contributed by atoms with Gasteiger partial charge >= 0.3 is 0 Å². The highest BCUT2D eigenvalue weighted by Crippen LogP contribution is 2.29. The van der Waals surface area contributed by atoms with E-state index in [-0.39, 0.29) is 17.7 Å². The van der Waals surface area contributed by atoms with Crippen LogP contribution in [0.4, 0.5) is 11.4 Å². The predicted molar refractivity (Wildman–Crippen MR) is 109 cm³/mol. The summed E-state index contributed by atoms with van der Waals surface area (Å²) in [7, 11) is 3.16. The third-order valence-corrected chi connectivity index (χ3v) is 5.28. The summed E-state index contributed by atoms with van der Waals surface area (Å²) in [5.74, 6) is 1.47. The summed E-state index contributed by atoms with van der Waals surface area (Å²) >= 11 is 0. The highest BCUT2D eigenvalue weighted by molar-refractivity contribution is 5.93. The molecule has 0 unspecified atom stereocenters. The van der Waals surface area contributed by atoms with Gasteiger partial charge in [-0.15, -0.1) is 0 Å². The second kappa shape index (κ2) is 8.84. The normalized spacial score (nSPS) is 15.8. The van der Waals surface area contributed by atoms with E-state index in [1.54, 1.807) is 38.5 Å². The molecule has 1 fully saturated rings. The van der Waals surface area contributed by atoms with Crippen molar-refractivity contribution in [3.8, 4) is 17.2 Å². The lowest BCUT2D eigenvalue weighted by atomic mass is 10.2. The standard InChI is InChI=1S/C21H27N3O4/c1-15(21(26)22-16-4-9-19(27-2)20(14-16)28-3)23-10-12-24(13-11-23)17-5-7-18(25)8-6-17/h4-9,14-15,25H,10-13H2,1-3H3,(H,22,26)/p+1/t15-/m0/s1. The summed E-state index contributed by atoms with van der Waals surface area (Å²) in [6.07, 6.45) is 0. The second-order valence-corrected chi connectivity index (χ2v) is 6.94. The van der Waals surface area contributed by atoms with Crippen LogP contribution in [-0.4, -0.2) is 57.5 Å². The molecule has 0 radical (unpaired) electrons. The van der Waals surface area contributed by atoms with E-state index in [1.807, 2.05) is 25.1 Å². The molecule has 0 spiro atoms. The number of rotatable bonds is 6. The molecule has 1 saturated heterocycles. The molecule has 3 rings (SSSR count). The van der Waals surface area contributed by atoms with Crippen molar-refractivity contribution in [1.82, 2.24) is 0 Å². The van der Waals surface area contributed by atoms with Gasteiger partial charge < -0.3 is 29.7 Å². The number of anilines is 2. The fraction of sp³-hybridized carbons (Fsp3) is 0.381. The van der Waals surface area contributed by atoms with E-state index < -0.39 is 0 Å². The zero-order valence-corrected chi connectivity index (χ0v) is 16.6. The van der Waals surface area contributed by atoms with Gasteiger partial charge in [0.2, 0.25) is 0 Å². The minimum absolute atomic E-state index is 0.0136. The van der Waals surface area contributed by atoms with Crippen molar-refractivity contribution in [3.05, 3.63) is 42.5 Å². The number of carbonyl (C=O) groups is 1. The van der Waals surface area contributed by atoms with Gasteiger partial charge in [0.1, 0.15) is 5.75 Å². The van der Waals surface area contributed by atoms with Crippen LogP contribution in [0.2, 0.25) is 0 Å². The molecule has 3 N–H and O–H groups in total. The summed E-state index contributed by atoms with van der Waals surface area (Å²) in [6.45, 7) is 5.45. The molecule has 7 nitrogen and oxygen atoms in total. The Kier molecular flexibility index (Phi) is 6.26. The molecule has 2 aromatic carbocycles. The first-order chi connectivity index (χ1) is 13.5. The third-order valence-electron chi connectivity index (χ3n) is 5.28. The maximum absolute atomic E-state index is 12.7. The van der Waals surface area contributed by atoms with Crippen molar-refractivity contribution in [2.45, 2.75) is 13.0 Å². The molecule has 1 aliphatic rings. The molecule has 7 heteroatoms. The number of aromatic hydroxyl groups is 1. The van der Waals surface area contributed by atoms with Gasteiger partial charge in [-0.25, -0.2) is 0 Å². The average molecular weight is 386 g/mol. The van der Waals surface area contributed by atoms with E-state index in [1.165, 1.54) is 4.90 Å². The number of phenols is 1. The summed E-state index contributed by atoms with van der Waals surface area (Å²) < 4.78 is 10.5. The highest BCUT2D eigenvalue weighted by atomic mass is 16.5. The van der Waals surface area contributed by atoms with Crippen molar-refractivity contribution < 1.29 is 24.3 Å². The maximum atomic E-state index is 12.7. The van der Waals surface area contributed by atoms with Gasteiger partial charge in [0.25, 0.3) is 5.91 Å². The number of carbonyl (C=O) groups excluding carboxylic acids is 1. The van der Waals surface area contributed by atoms with E-state index in [2.05, 4.69) is 10.2 Å². The van der Waals surface area contributed by atoms with Crippen LogP contribution in [0.3, 0.4) is 0 Å². The molecular weight excluding hydrogens is 358 g/mol. The van der Waals surface area contributed by atoms with Crippen molar-refractivity contribution >= 4 is 17.3 Å². The number of quaternary nitrogens is 1. The second-order valence-electron chi connectivity index (χ2n) is 6.94. The van der Waals surface area contributed by atoms with Crippen LogP contribution < -0.4 is 24.6 Å². The summed E-state index contributed by atoms with van der Waals surface area (Å²) in [5.41, 5.74) is 1.79. The first-order valence-electron chi connectivity index (χ1n) is 9.43. The fourth-order valence-electron chi connectivity index (χ4n) is 3.50. The molecule has 1 atom stereocenters. The number of amides is 1. The van der Waals surface area contributed by atoms with Gasteiger partial charge in [0.15, 0.2) is 17.5 Å². The Morgan fingerprint density at radius 2 is 1.71 bits per heavy atom. The molecule has 0 aromatic heterocycles. The minimum atomic E-state index is -0.157. The number of hydrogen-bond donors (Lipinski definition) is 3. The number of nitrogens with one attached hydrogen (secondary N) is 2. The average Bonchev–Trinajstić information content (AvgIpc) is 2.73. The van der Waals surface area contributed by atoms with Crippen LogP contribution in [0, 0.1) is 0 Å². The quantitative estimate of drug-likeness (QED) is 0.694. The van der Waals surface area contributed by atoms with E-state index in [9.17, 15) is 9.90 Å². The summed E-state index contributed by atoms with van der Waals surface area (Å²) in [6, 6.07) is 12.5. The Hall–Kier alpha value is -2.93. The number of piperazine rings is 1. The van der Waals surface area contributed by atoms with Crippen LogP contribution in [0.5, 0.6) is 17.2 Å². The number of nitrogens with zero attached hydrogens (tertiary/aromatic N) is 1. The number of benzene rings is 2. The number of methoxy groups -OCH3 is 2. The van der Waals surface area contributed by atoms with Crippen LogP contribution in [0.25, 0.3) is 0 Å². The minimum Gasteiger partial charge on any atom is -0.508 e. The predicted octanol–water partition coefficient (Wildman–Crippen LogP) is 1.14. The lowest BCUT2D eigenvalue weighted by molar-refractivity contribution is -0.914. The van der Waals surface area contributed by atoms with E-state index in [0.29, 0.717) is 17.2 Å². The Morgan fingerprint density at radius 3 is 2.32 bits per heavy atom. The zero-order valence-electron chi connectivity index (χ0n) is 16.6. The highest BCUT2D eigenvalue weighted by Gasteiger charge is 2.29. The van der Waals surface area contributed by atoms with E-state index in [4.69, 9.17) is 9.47 Å². The van der Waals surface area contributed by atoms with Crippen LogP contribution in [0.1, 0.15) is 6.92 Å². The van der Waals surface area contributed by atoms with Gasteiger partial charge in [-0.2, -0.15) is 0 Å². The molecule has 1 amide bonds. The monoisotopic (exact) mass is 386 g/mol. The fourth-order valence-corrected chi connectivity index (χ4v) is 3.50. The summed E-state index contributed by atoms with van der Waals surface area (Å²) in [4.78, 5) is 16.2. The third kappa shape index (κ3) is 4.48. The molecule has 0 bridgehead atoms. The van der Waals surface area contributed by atoms with Gasteiger partial charge in [-0.05, 0) is 43.3 Å². The van der Waals surface area contributed by atoms with Crippen molar-refractivity contribution in [3.63, 3.8) is 0 Å². The van der Waals surface area contributed by atoms with Gasteiger partial charge in [-0.1, -0.05) is 0 Å². The topological polar surface area (TPSA) is 75.5 Å². The van der Waals surface area contributed by atoms with E-state index >= 15 is 0 Å². The van der Waals surface area contributed by atoms with Crippen molar-refractivity contribution in [2.24, 2.45) is 0 Å². The Morgan fingerprint density at radius 1 is 1.07 bits per heavy atom. The molecule has 2 aromatic rings. The van der Waals surface area contributed by atoms with Crippen LogP contribution in [-0.2, 0) is 4.79 Å². The molecule has 0 saturated carbocycles. The molecular formula is C21H28N3O4+. The largest absolute Gasteiger partial charge is 0.508 e. The maximum Gasteiger partial charge on any atom is 0.282 e. The Balaban J connectivity index is 1.56. The number of phenolic OH excluding ortho intramolecular Hbond substituents is 1. The Labute approximate surface area is 165 Å². The van der Waals surface area contributed by atoms with Gasteiger partial charge in [0.05, 0.1) is 40.4 Å². The first-order valence-corrected chi connectivity index (χ1v) is 9.43. The molecule has 1 heterocycles. The van der Waals surface area contributed by atoms with Crippen LogP contribution >= 0.6 is 0 Å². The van der Waals surface area contributed by atoms with Gasteiger partial charge in [-0.3, -0.25) is 4.79 Å². The van der Waals surface area contributed by atoms with Crippen LogP contribution in [0.15, 0.2) is 42.5 Å².